The molecule has 20 heavy (non-hydrogen) atoms. The Kier molecular flexibility index (Phi) is 10.7. The maximum absolute atomic E-state index is 12.1. The number of nitrogens with zero attached hydrogens (tertiary/aromatic N) is 2. The number of nitrogens with two attached hydrogens (primary N) is 1. The Morgan fingerprint density at radius 1 is 1.35 bits per heavy atom. The minimum Gasteiger partial charge on any atom is -0.342 e. The first-order chi connectivity index (χ1) is 8.41. The number of pyridine rings is 1. The number of aromatic nitrogens is 1. The molecule has 0 aromatic carbocycles. The van der Waals surface area contributed by atoms with E-state index >= 15 is 0 Å². The molecule has 0 saturated carbocycles. The van der Waals surface area contributed by atoms with Crippen LogP contribution < -0.4 is 5.73 Å². The molecule has 0 aliphatic rings. The third kappa shape index (κ3) is 6.55. The summed E-state index contributed by atoms with van der Waals surface area (Å²) >= 11 is 0. The fourth-order valence-electron chi connectivity index (χ4n) is 1.59. The van der Waals surface area contributed by atoms with Gasteiger partial charge in [0.15, 0.2) is 0 Å². The minimum absolute atomic E-state index is 0. The van der Waals surface area contributed by atoms with Crippen molar-refractivity contribution in [3.63, 3.8) is 0 Å². The quantitative estimate of drug-likeness (QED) is 0.907. The van der Waals surface area contributed by atoms with Crippen LogP contribution in [0.3, 0.4) is 0 Å². The van der Waals surface area contributed by atoms with E-state index in [2.05, 4.69) is 18.8 Å². The molecule has 2 N–H and O–H groups in total. The third-order valence-electron chi connectivity index (χ3n) is 3.16. The maximum Gasteiger partial charge on any atom is 0.255 e. The summed E-state index contributed by atoms with van der Waals surface area (Å²) in [6, 6.07) is 3.79. The summed E-state index contributed by atoms with van der Waals surface area (Å²) in [7, 11) is 1.80. The molecular formula is C14H25Cl2N3O. The van der Waals surface area contributed by atoms with Crippen molar-refractivity contribution in [2.24, 2.45) is 11.7 Å². The van der Waals surface area contributed by atoms with E-state index in [0.717, 1.165) is 12.1 Å². The van der Waals surface area contributed by atoms with Gasteiger partial charge in [-0.1, -0.05) is 13.8 Å². The Labute approximate surface area is 134 Å². The summed E-state index contributed by atoms with van der Waals surface area (Å²) < 4.78 is 0. The second kappa shape index (κ2) is 9.97. The van der Waals surface area contributed by atoms with Crippen molar-refractivity contribution in [3.05, 3.63) is 29.6 Å². The van der Waals surface area contributed by atoms with Crippen LogP contribution in [0, 0.1) is 12.8 Å². The van der Waals surface area contributed by atoms with Crippen molar-refractivity contribution in [1.82, 2.24) is 9.88 Å². The summed E-state index contributed by atoms with van der Waals surface area (Å²) in [6.45, 7) is 6.76. The molecule has 1 aromatic rings. The van der Waals surface area contributed by atoms with Gasteiger partial charge in [0, 0.05) is 31.5 Å². The average Bonchev–Trinajstić information content (AvgIpc) is 2.35. The molecule has 0 aliphatic carbocycles. The SMILES string of the molecule is Cc1ccc(C(=O)N(C)CCC(N)C(C)C)cn1.Cl.Cl. The fraction of sp³-hybridized carbons (Fsp3) is 0.571. The van der Waals surface area contributed by atoms with Crippen molar-refractivity contribution in [1.29, 1.82) is 0 Å². The molecule has 0 radical (unpaired) electrons. The predicted octanol–water partition coefficient (Wildman–Crippen LogP) is 2.68. The average molecular weight is 322 g/mol. The topological polar surface area (TPSA) is 59.2 Å². The largest absolute Gasteiger partial charge is 0.342 e. The lowest BCUT2D eigenvalue weighted by molar-refractivity contribution is 0.0788. The first kappa shape index (κ1) is 21.5. The van der Waals surface area contributed by atoms with Crippen molar-refractivity contribution >= 4 is 30.7 Å². The lowest BCUT2D eigenvalue weighted by Gasteiger charge is -2.21. The molecule has 1 heterocycles. The zero-order chi connectivity index (χ0) is 13.7. The number of hydrogen-bond donors (Lipinski definition) is 1. The Morgan fingerprint density at radius 3 is 2.40 bits per heavy atom. The van der Waals surface area contributed by atoms with Crippen LogP contribution in [-0.4, -0.2) is 35.4 Å². The highest BCUT2D eigenvalue weighted by Gasteiger charge is 2.14. The van der Waals surface area contributed by atoms with Gasteiger partial charge in [-0.2, -0.15) is 0 Å². The number of amides is 1. The summed E-state index contributed by atoms with van der Waals surface area (Å²) in [5, 5.41) is 0. The number of hydrogen-bond acceptors (Lipinski definition) is 3. The van der Waals surface area contributed by atoms with Gasteiger partial charge in [0.05, 0.1) is 5.56 Å². The highest BCUT2D eigenvalue weighted by atomic mass is 35.5. The van der Waals surface area contributed by atoms with Gasteiger partial charge in [-0.15, -0.1) is 24.8 Å². The molecule has 1 atom stereocenters. The van der Waals surface area contributed by atoms with E-state index < -0.39 is 0 Å². The first-order valence-electron chi connectivity index (χ1n) is 6.35. The second-order valence-electron chi connectivity index (χ2n) is 5.11. The molecule has 4 nitrogen and oxygen atoms in total. The molecular weight excluding hydrogens is 297 g/mol. The standard InChI is InChI=1S/C14H23N3O.2ClH/c1-10(2)13(15)7-8-17(4)14(18)12-6-5-11(3)16-9-12;;/h5-6,9-10,13H,7-8,15H2,1-4H3;2*1H. The van der Waals surface area contributed by atoms with Gasteiger partial charge in [-0.25, -0.2) is 0 Å². The smallest absolute Gasteiger partial charge is 0.255 e. The minimum atomic E-state index is -0.00143. The van der Waals surface area contributed by atoms with E-state index in [1.54, 1.807) is 18.1 Å². The van der Waals surface area contributed by atoms with Crippen molar-refractivity contribution in [2.75, 3.05) is 13.6 Å². The second-order valence-corrected chi connectivity index (χ2v) is 5.11. The Hall–Kier alpha value is -0.840. The highest BCUT2D eigenvalue weighted by molar-refractivity contribution is 5.93. The number of aryl methyl sites for hydroxylation is 1. The monoisotopic (exact) mass is 321 g/mol. The van der Waals surface area contributed by atoms with Crippen LogP contribution in [0.2, 0.25) is 0 Å². The van der Waals surface area contributed by atoms with E-state index in [4.69, 9.17) is 5.73 Å². The van der Waals surface area contributed by atoms with Gasteiger partial charge in [-0.3, -0.25) is 9.78 Å². The third-order valence-corrected chi connectivity index (χ3v) is 3.16. The van der Waals surface area contributed by atoms with Crippen LogP contribution in [0.1, 0.15) is 36.3 Å². The van der Waals surface area contributed by atoms with Gasteiger partial charge in [0.2, 0.25) is 0 Å². The Bertz CT molecular complexity index is 396. The lowest BCUT2D eigenvalue weighted by Crippen LogP contribution is -2.34. The van der Waals surface area contributed by atoms with E-state index in [1.807, 2.05) is 19.1 Å². The summed E-state index contributed by atoms with van der Waals surface area (Å²) in [5.74, 6) is 0.438. The molecule has 0 saturated heterocycles. The molecule has 1 unspecified atom stereocenters. The molecule has 0 aliphatic heterocycles. The molecule has 0 bridgehead atoms. The molecule has 1 amide bonds. The molecule has 6 heteroatoms. The Morgan fingerprint density at radius 2 is 1.95 bits per heavy atom. The number of rotatable bonds is 5. The first-order valence-corrected chi connectivity index (χ1v) is 6.35. The van der Waals surface area contributed by atoms with Crippen LogP contribution >= 0.6 is 24.8 Å². The van der Waals surface area contributed by atoms with E-state index in [-0.39, 0.29) is 36.8 Å². The van der Waals surface area contributed by atoms with Crippen molar-refractivity contribution in [3.8, 4) is 0 Å². The van der Waals surface area contributed by atoms with Crippen LogP contribution in [0.15, 0.2) is 18.3 Å². The number of halogens is 2. The van der Waals surface area contributed by atoms with E-state index in [0.29, 0.717) is 18.0 Å². The molecule has 0 fully saturated rings. The molecule has 116 valence electrons. The fourth-order valence-corrected chi connectivity index (χ4v) is 1.59. The van der Waals surface area contributed by atoms with Gasteiger partial charge in [0.25, 0.3) is 5.91 Å². The predicted molar refractivity (Wildman–Crippen MR) is 87.9 cm³/mol. The van der Waals surface area contributed by atoms with Crippen molar-refractivity contribution < 1.29 is 4.79 Å². The Balaban J connectivity index is 0. The van der Waals surface area contributed by atoms with Crippen molar-refractivity contribution in [2.45, 2.75) is 33.2 Å². The van der Waals surface area contributed by atoms with E-state index in [9.17, 15) is 4.79 Å². The molecule has 1 rings (SSSR count). The summed E-state index contributed by atoms with van der Waals surface area (Å²) in [4.78, 5) is 17.9. The highest BCUT2D eigenvalue weighted by Crippen LogP contribution is 2.07. The van der Waals surface area contributed by atoms with Gasteiger partial charge >= 0.3 is 0 Å². The number of carbonyl (C=O) groups excluding carboxylic acids is 1. The van der Waals surface area contributed by atoms with Crippen LogP contribution in [0.5, 0.6) is 0 Å². The van der Waals surface area contributed by atoms with Gasteiger partial charge in [0.1, 0.15) is 0 Å². The lowest BCUT2D eigenvalue weighted by atomic mass is 10.0. The molecule has 1 aromatic heterocycles. The molecule has 0 spiro atoms. The van der Waals surface area contributed by atoms with Crippen LogP contribution in [-0.2, 0) is 0 Å². The summed E-state index contributed by atoms with van der Waals surface area (Å²) in [6.07, 6.45) is 2.44. The summed E-state index contributed by atoms with van der Waals surface area (Å²) in [5.41, 5.74) is 7.51. The van der Waals surface area contributed by atoms with Crippen LogP contribution in [0.4, 0.5) is 0 Å². The van der Waals surface area contributed by atoms with Gasteiger partial charge in [-0.05, 0) is 31.4 Å². The maximum atomic E-state index is 12.1. The zero-order valence-corrected chi connectivity index (χ0v) is 14.1. The zero-order valence-electron chi connectivity index (χ0n) is 12.5. The van der Waals surface area contributed by atoms with E-state index in [1.165, 1.54) is 0 Å². The number of carbonyl (C=O) groups is 1. The van der Waals surface area contributed by atoms with Gasteiger partial charge < -0.3 is 10.6 Å². The normalized spacial score (nSPS) is 11.3. The van der Waals surface area contributed by atoms with Crippen LogP contribution in [0.25, 0.3) is 0 Å².